The summed E-state index contributed by atoms with van der Waals surface area (Å²) in [6.07, 6.45) is 0.901. The Labute approximate surface area is 197 Å². The van der Waals surface area contributed by atoms with Crippen LogP contribution in [0.25, 0.3) is 10.8 Å². The predicted octanol–water partition coefficient (Wildman–Crippen LogP) is 4.42. The number of rotatable bonds is 11. The van der Waals surface area contributed by atoms with E-state index in [1.54, 1.807) is 0 Å². The van der Waals surface area contributed by atoms with E-state index in [4.69, 9.17) is 40.0 Å². The Hall–Kier alpha value is -2.51. The minimum Gasteiger partial charge on any atom is -0.490 e. The van der Waals surface area contributed by atoms with Crippen molar-refractivity contribution in [2.24, 2.45) is 0 Å². The summed E-state index contributed by atoms with van der Waals surface area (Å²) in [6, 6.07) is 15.9. The van der Waals surface area contributed by atoms with Gasteiger partial charge in [0, 0.05) is 27.8 Å². The van der Waals surface area contributed by atoms with E-state index in [1.165, 1.54) is 0 Å². The highest BCUT2D eigenvalue weighted by atomic mass is 35.5. The zero-order valence-electron chi connectivity index (χ0n) is 18.1. The van der Waals surface area contributed by atoms with Crippen LogP contribution in [0.5, 0.6) is 17.2 Å². The maximum Gasteiger partial charge on any atom is 0.169 e. The van der Waals surface area contributed by atoms with Gasteiger partial charge < -0.3 is 28.4 Å². The molecule has 3 aromatic carbocycles. The summed E-state index contributed by atoms with van der Waals surface area (Å²) in [4.78, 5) is 0. The molecule has 6 rings (SSSR count). The number of benzene rings is 3. The van der Waals surface area contributed by atoms with Crippen molar-refractivity contribution in [3.8, 4) is 17.2 Å². The molecule has 0 N–H and O–H groups in total. The summed E-state index contributed by atoms with van der Waals surface area (Å²) in [5.41, 5.74) is 1.90. The van der Waals surface area contributed by atoms with E-state index in [1.807, 2.05) is 42.5 Å². The van der Waals surface area contributed by atoms with Crippen molar-refractivity contribution in [3.63, 3.8) is 0 Å². The number of epoxide rings is 3. The molecular weight excluding hydrogens is 444 g/mol. The number of ether oxygens (including phenoxy) is 6. The van der Waals surface area contributed by atoms with Crippen molar-refractivity contribution in [2.45, 2.75) is 24.7 Å². The smallest absolute Gasteiger partial charge is 0.169 e. The van der Waals surface area contributed by atoms with Gasteiger partial charge in [0.25, 0.3) is 0 Å². The van der Waals surface area contributed by atoms with E-state index < -0.39 is 0 Å². The van der Waals surface area contributed by atoms with Gasteiger partial charge in [-0.3, -0.25) is 0 Å². The quantitative estimate of drug-likeness (QED) is 0.388. The first-order valence-corrected chi connectivity index (χ1v) is 11.7. The van der Waals surface area contributed by atoms with Crippen molar-refractivity contribution in [2.75, 3.05) is 39.6 Å². The first-order valence-electron chi connectivity index (χ1n) is 11.3. The third kappa shape index (κ3) is 4.89. The van der Waals surface area contributed by atoms with Gasteiger partial charge in [-0.15, -0.1) is 0 Å². The van der Waals surface area contributed by atoms with Gasteiger partial charge in [-0.1, -0.05) is 54.1 Å². The molecule has 0 spiro atoms. The Bertz CT molecular complexity index is 1150. The summed E-state index contributed by atoms with van der Waals surface area (Å²) in [5, 5.41) is 2.62. The molecule has 7 heteroatoms. The minimum atomic E-state index is 0.105. The predicted molar refractivity (Wildman–Crippen MR) is 124 cm³/mol. The monoisotopic (exact) mass is 468 g/mol. The average Bonchev–Trinajstić information content (AvgIpc) is 3.69. The normalized spacial score (nSPS) is 22.8. The van der Waals surface area contributed by atoms with E-state index >= 15 is 0 Å². The minimum absolute atomic E-state index is 0.105. The van der Waals surface area contributed by atoms with Crippen LogP contribution in [-0.2, 0) is 20.6 Å². The number of fused-ring (bicyclic) bond motifs is 1. The molecule has 3 aliphatic heterocycles. The summed E-state index contributed by atoms with van der Waals surface area (Å²) in [6.45, 7) is 3.57. The van der Waals surface area contributed by atoms with E-state index in [0.717, 1.165) is 40.9 Å². The van der Waals surface area contributed by atoms with Crippen LogP contribution < -0.4 is 14.2 Å². The van der Waals surface area contributed by atoms with Crippen molar-refractivity contribution >= 4 is 22.4 Å². The molecule has 3 unspecified atom stereocenters. The number of hydrogen-bond donors (Lipinski definition) is 0. The van der Waals surface area contributed by atoms with Crippen LogP contribution in [0.1, 0.15) is 11.1 Å². The molecule has 3 atom stereocenters. The van der Waals surface area contributed by atoms with E-state index in [0.29, 0.717) is 49.4 Å². The Morgan fingerprint density at radius 2 is 1.15 bits per heavy atom. The fourth-order valence-electron chi connectivity index (χ4n) is 3.88. The lowest BCUT2D eigenvalue weighted by atomic mass is 9.97. The maximum atomic E-state index is 6.55. The maximum absolute atomic E-state index is 6.55. The summed E-state index contributed by atoms with van der Waals surface area (Å²) < 4.78 is 35.3. The molecule has 3 heterocycles. The van der Waals surface area contributed by atoms with Crippen LogP contribution in [0.4, 0.5) is 0 Å². The van der Waals surface area contributed by atoms with Crippen molar-refractivity contribution in [1.82, 2.24) is 0 Å². The van der Waals surface area contributed by atoms with Crippen molar-refractivity contribution < 1.29 is 28.4 Å². The second kappa shape index (κ2) is 9.03. The third-order valence-corrected chi connectivity index (χ3v) is 6.31. The molecule has 3 saturated heterocycles. The van der Waals surface area contributed by atoms with Gasteiger partial charge in [0.05, 0.1) is 19.8 Å². The highest BCUT2D eigenvalue weighted by molar-refractivity contribution is 6.31. The van der Waals surface area contributed by atoms with Gasteiger partial charge in [0.2, 0.25) is 0 Å². The molecule has 0 saturated carbocycles. The lowest BCUT2D eigenvalue weighted by Gasteiger charge is -2.23. The van der Waals surface area contributed by atoms with Crippen LogP contribution in [0.15, 0.2) is 48.5 Å². The van der Waals surface area contributed by atoms with E-state index in [2.05, 4.69) is 6.07 Å². The SMILES string of the molecule is Clc1ccccc1Cc1c(OCC2CO2)c(OCC2CO2)c2ccccc2c1OCC1CO1. The van der Waals surface area contributed by atoms with E-state index in [-0.39, 0.29) is 18.3 Å². The average molecular weight is 469 g/mol. The first-order chi connectivity index (χ1) is 16.3. The standard InChI is InChI=1S/C26H25ClO6/c27-23-8-4-1-5-16(23)9-22-24(31-13-17-10-28-17)20-6-2-3-7-21(20)25(32-14-18-11-29-18)26(22)33-15-19-12-30-19/h1-8,17-19H,9-15H2. The molecule has 0 aromatic heterocycles. The first kappa shape index (κ1) is 21.1. The number of halogens is 1. The molecule has 33 heavy (non-hydrogen) atoms. The zero-order chi connectivity index (χ0) is 22.2. The summed E-state index contributed by atoms with van der Waals surface area (Å²) >= 11 is 6.55. The van der Waals surface area contributed by atoms with E-state index in [9.17, 15) is 0 Å². The van der Waals surface area contributed by atoms with Gasteiger partial charge >= 0.3 is 0 Å². The second-order valence-corrected chi connectivity index (χ2v) is 8.99. The fraction of sp³-hybridized carbons (Fsp3) is 0.385. The fourth-order valence-corrected chi connectivity index (χ4v) is 4.08. The Kier molecular flexibility index (Phi) is 5.76. The molecule has 3 fully saturated rings. The molecule has 172 valence electrons. The Balaban J connectivity index is 1.49. The van der Waals surface area contributed by atoms with Gasteiger partial charge in [-0.25, -0.2) is 0 Å². The van der Waals surface area contributed by atoms with Crippen LogP contribution in [-0.4, -0.2) is 58.0 Å². The van der Waals surface area contributed by atoms with Crippen molar-refractivity contribution in [1.29, 1.82) is 0 Å². The molecule has 0 radical (unpaired) electrons. The Morgan fingerprint density at radius 3 is 1.73 bits per heavy atom. The second-order valence-electron chi connectivity index (χ2n) is 8.58. The summed E-state index contributed by atoms with van der Waals surface area (Å²) in [7, 11) is 0. The van der Waals surface area contributed by atoms with Gasteiger partial charge in [0.15, 0.2) is 11.5 Å². The molecule has 0 aliphatic carbocycles. The van der Waals surface area contributed by atoms with Gasteiger partial charge in [-0.05, 0) is 11.6 Å². The molecular formula is C26H25ClO6. The number of hydrogen-bond acceptors (Lipinski definition) is 6. The lowest BCUT2D eigenvalue weighted by molar-refractivity contribution is 0.225. The van der Waals surface area contributed by atoms with Crippen molar-refractivity contribution in [3.05, 3.63) is 64.7 Å². The van der Waals surface area contributed by atoms with Gasteiger partial charge in [-0.2, -0.15) is 0 Å². The van der Waals surface area contributed by atoms with Crippen LogP contribution in [0, 0.1) is 0 Å². The Morgan fingerprint density at radius 1 is 0.667 bits per heavy atom. The summed E-state index contributed by atoms with van der Waals surface area (Å²) in [5.74, 6) is 2.16. The third-order valence-electron chi connectivity index (χ3n) is 5.94. The van der Waals surface area contributed by atoms with Gasteiger partial charge in [0.1, 0.15) is 43.9 Å². The molecule has 3 aliphatic rings. The largest absolute Gasteiger partial charge is 0.490 e. The molecule has 3 aromatic rings. The van der Waals surface area contributed by atoms with Crippen LogP contribution >= 0.6 is 11.6 Å². The highest BCUT2D eigenvalue weighted by Crippen LogP contribution is 2.48. The molecule has 0 bridgehead atoms. The van der Waals surface area contributed by atoms with Crippen LogP contribution in [0.3, 0.4) is 0 Å². The van der Waals surface area contributed by atoms with Crippen LogP contribution in [0.2, 0.25) is 5.02 Å². The zero-order valence-corrected chi connectivity index (χ0v) is 18.9. The molecule has 6 nitrogen and oxygen atoms in total. The lowest BCUT2D eigenvalue weighted by Crippen LogP contribution is -2.13. The molecule has 0 amide bonds. The topological polar surface area (TPSA) is 65.3 Å². The highest BCUT2D eigenvalue weighted by Gasteiger charge is 2.31.